The second kappa shape index (κ2) is 5.89. The molecule has 21 heavy (non-hydrogen) atoms. The van der Waals surface area contributed by atoms with Gasteiger partial charge in [-0.2, -0.15) is 0 Å². The van der Waals surface area contributed by atoms with Crippen LogP contribution < -0.4 is 0 Å². The Hall–Kier alpha value is -1.82. The molecule has 2 aromatic carbocycles. The van der Waals surface area contributed by atoms with Crippen molar-refractivity contribution in [3.63, 3.8) is 0 Å². The maximum Gasteiger partial charge on any atom is 0.123 e. The van der Waals surface area contributed by atoms with E-state index in [0.717, 1.165) is 26.0 Å². The fraction of sp³-hybridized carbons (Fsp3) is 0. The Morgan fingerprint density at radius 3 is 2.00 bits per heavy atom. The average molecular weight is 393 g/mol. The molecule has 104 valence electrons. The SMILES string of the molecule is Fc1cccc(-c2cnc(-c3cccc(F)c3)c(I)c2)c1. The summed E-state index contributed by atoms with van der Waals surface area (Å²) in [7, 11) is 0. The van der Waals surface area contributed by atoms with Crippen molar-refractivity contribution in [3.05, 3.63) is 76.0 Å². The molecule has 0 N–H and O–H groups in total. The summed E-state index contributed by atoms with van der Waals surface area (Å²) in [5.74, 6) is -0.573. The summed E-state index contributed by atoms with van der Waals surface area (Å²) in [5.41, 5.74) is 3.05. The van der Waals surface area contributed by atoms with E-state index in [4.69, 9.17) is 0 Å². The highest BCUT2D eigenvalue weighted by Crippen LogP contribution is 2.28. The van der Waals surface area contributed by atoms with E-state index >= 15 is 0 Å². The van der Waals surface area contributed by atoms with Gasteiger partial charge in [0.1, 0.15) is 11.6 Å². The van der Waals surface area contributed by atoms with Crippen molar-refractivity contribution in [2.75, 3.05) is 0 Å². The summed E-state index contributed by atoms with van der Waals surface area (Å²) >= 11 is 2.16. The number of nitrogens with zero attached hydrogens (tertiary/aromatic N) is 1. The molecule has 0 saturated carbocycles. The first-order chi connectivity index (χ1) is 10.1. The van der Waals surface area contributed by atoms with Gasteiger partial charge in [0, 0.05) is 20.9 Å². The number of hydrogen-bond donors (Lipinski definition) is 0. The minimum atomic E-state index is -0.292. The van der Waals surface area contributed by atoms with Crippen molar-refractivity contribution in [1.82, 2.24) is 4.98 Å². The molecule has 0 bridgehead atoms. The maximum atomic E-state index is 13.3. The molecule has 0 amide bonds. The first kappa shape index (κ1) is 14.1. The Kier molecular flexibility index (Phi) is 3.96. The van der Waals surface area contributed by atoms with Crippen LogP contribution in [0.2, 0.25) is 0 Å². The average Bonchev–Trinajstić information content (AvgIpc) is 2.47. The number of benzene rings is 2. The van der Waals surface area contributed by atoms with Crippen LogP contribution in [0.3, 0.4) is 0 Å². The molecule has 1 heterocycles. The maximum absolute atomic E-state index is 13.3. The van der Waals surface area contributed by atoms with E-state index in [-0.39, 0.29) is 11.6 Å². The Morgan fingerprint density at radius 2 is 1.38 bits per heavy atom. The first-order valence-electron chi connectivity index (χ1n) is 6.31. The molecule has 0 fully saturated rings. The molecule has 3 rings (SSSR count). The van der Waals surface area contributed by atoms with Gasteiger partial charge in [-0.15, -0.1) is 0 Å². The van der Waals surface area contributed by atoms with E-state index in [0.29, 0.717) is 0 Å². The van der Waals surface area contributed by atoms with E-state index < -0.39 is 0 Å². The van der Waals surface area contributed by atoms with Gasteiger partial charge in [-0.1, -0.05) is 24.3 Å². The molecule has 0 radical (unpaired) electrons. The molecule has 0 aliphatic carbocycles. The van der Waals surface area contributed by atoms with Gasteiger partial charge in [0.2, 0.25) is 0 Å². The van der Waals surface area contributed by atoms with Gasteiger partial charge in [-0.25, -0.2) is 8.78 Å². The third-order valence-electron chi connectivity index (χ3n) is 3.10. The van der Waals surface area contributed by atoms with Gasteiger partial charge in [0.05, 0.1) is 5.69 Å². The van der Waals surface area contributed by atoms with Crippen LogP contribution >= 0.6 is 22.6 Å². The second-order valence-electron chi connectivity index (χ2n) is 4.58. The summed E-state index contributed by atoms with van der Waals surface area (Å²) < 4.78 is 27.5. The quantitative estimate of drug-likeness (QED) is 0.539. The molecule has 0 atom stereocenters. The lowest BCUT2D eigenvalue weighted by Gasteiger charge is -2.07. The lowest BCUT2D eigenvalue weighted by Crippen LogP contribution is -1.91. The highest BCUT2D eigenvalue weighted by Gasteiger charge is 2.08. The molecular weight excluding hydrogens is 383 g/mol. The third kappa shape index (κ3) is 3.10. The predicted molar refractivity (Wildman–Crippen MR) is 87.7 cm³/mol. The zero-order chi connectivity index (χ0) is 14.8. The van der Waals surface area contributed by atoms with E-state index in [9.17, 15) is 8.78 Å². The zero-order valence-corrected chi connectivity index (χ0v) is 13.0. The number of rotatable bonds is 2. The van der Waals surface area contributed by atoms with Crippen LogP contribution in [0.4, 0.5) is 8.78 Å². The first-order valence-corrected chi connectivity index (χ1v) is 7.39. The Labute approximate surface area is 134 Å². The van der Waals surface area contributed by atoms with Gasteiger partial charge in [0.15, 0.2) is 0 Å². The fourth-order valence-electron chi connectivity index (χ4n) is 2.11. The number of aromatic nitrogens is 1. The normalized spacial score (nSPS) is 10.6. The zero-order valence-electron chi connectivity index (χ0n) is 10.9. The molecule has 0 saturated heterocycles. The Balaban J connectivity index is 2.04. The van der Waals surface area contributed by atoms with Crippen molar-refractivity contribution in [2.45, 2.75) is 0 Å². The van der Waals surface area contributed by atoms with Crippen LogP contribution in [0.5, 0.6) is 0 Å². The predicted octanol–water partition coefficient (Wildman–Crippen LogP) is 5.30. The number of hydrogen-bond acceptors (Lipinski definition) is 1. The highest BCUT2D eigenvalue weighted by molar-refractivity contribution is 14.1. The molecule has 0 spiro atoms. The summed E-state index contributed by atoms with van der Waals surface area (Å²) in [5, 5.41) is 0. The van der Waals surface area contributed by atoms with E-state index in [2.05, 4.69) is 27.6 Å². The Bertz CT molecular complexity index is 802. The van der Waals surface area contributed by atoms with Crippen molar-refractivity contribution in [1.29, 1.82) is 0 Å². The van der Waals surface area contributed by atoms with Gasteiger partial charge in [0.25, 0.3) is 0 Å². The van der Waals surface area contributed by atoms with E-state index in [1.165, 1.54) is 24.3 Å². The molecule has 4 heteroatoms. The van der Waals surface area contributed by atoms with Crippen LogP contribution in [0.1, 0.15) is 0 Å². The minimum Gasteiger partial charge on any atom is -0.254 e. The molecule has 3 aromatic rings. The van der Waals surface area contributed by atoms with Crippen LogP contribution in [-0.2, 0) is 0 Å². The number of pyridine rings is 1. The summed E-state index contributed by atoms with van der Waals surface area (Å²) in [6.07, 6.45) is 1.68. The fourth-order valence-corrected chi connectivity index (χ4v) is 2.90. The van der Waals surface area contributed by atoms with Gasteiger partial charge in [-0.05, 0) is 58.5 Å². The third-order valence-corrected chi connectivity index (χ3v) is 3.92. The molecule has 0 unspecified atom stereocenters. The largest absolute Gasteiger partial charge is 0.254 e. The lowest BCUT2D eigenvalue weighted by atomic mass is 10.1. The van der Waals surface area contributed by atoms with Gasteiger partial charge >= 0.3 is 0 Å². The summed E-state index contributed by atoms with van der Waals surface area (Å²) in [6.45, 7) is 0. The highest BCUT2D eigenvalue weighted by atomic mass is 127. The summed E-state index contributed by atoms with van der Waals surface area (Å²) in [6, 6.07) is 14.6. The van der Waals surface area contributed by atoms with E-state index in [1.54, 1.807) is 18.3 Å². The molecule has 0 aliphatic rings. The summed E-state index contributed by atoms with van der Waals surface area (Å²) in [4.78, 5) is 4.40. The van der Waals surface area contributed by atoms with Crippen LogP contribution in [0, 0.1) is 15.2 Å². The van der Waals surface area contributed by atoms with Crippen molar-refractivity contribution < 1.29 is 8.78 Å². The Morgan fingerprint density at radius 1 is 0.762 bits per heavy atom. The lowest BCUT2D eigenvalue weighted by molar-refractivity contribution is 0.628. The molecule has 0 aliphatic heterocycles. The number of halogens is 3. The van der Waals surface area contributed by atoms with Crippen molar-refractivity contribution in [3.8, 4) is 22.4 Å². The van der Waals surface area contributed by atoms with Crippen LogP contribution in [0.15, 0.2) is 60.8 Å². The standard InChI is InChI=1S/C17H10F2IN/c18-14-5-1-3-11(7-14)13-9-16(20)17(21-10-13)12-4-2-6-15(19)8-12/h1-10H. The van der Waals surface area contributed by atoms with Gasteiger partial charge in [-0.3, -0.25) is 4.98 Å². The minimum absolute atomic E-state index is 0.281. The van der Waals surface area contributed by atoms with Crippen LogP contribution in [0.25, 0.3) is 22.4 Å². The van der Waals surface area contributed by atoms with E-state index in [1.807, 2.05) is 18.2 Å². The molecule has 1 aromatic heterocycles. The van der Waals surface area contributed by atoms with Gasteiger partial charge < -0.3 is 0 Å². The van der Waals surface area contributed by atoms with Crippen molar-refractivity contribution >= 4 is 22.6 Å². The molecular formula is C17H10F2IN. The van der Waals surface area contributed by atoms with Crippen molar-refractivity contribution in [2.24, 2.45) is 0 Å². The van der Waals surface area contributed by atoms with Crippen LogP contribution in [-0.4, -0.2) is 4.98 Å². The monoisotopic (exact) mass is 393 g/mol. The second-order valence-corrected chi connectivity index (χ2v) is 5.74. The topological polar surface area (TPSA) is 12.9 Å². The smallest absolute Gasteiger partial charge is 0.123 e. The molecule has 1 nitrogen and oxygen atoms in total.